The maximum absolute atomic E-state index is 12.7. The molecule has 7 nitrogen and oxygen atoms in total. The molecule has 0 aromatic carbocycles. The van der Waals surface area contributed by atoms with Gasteiger partial charge >= 0.3 is 0 Å². The molecule has 0 radical (unpaired) electrons. The lowest BCUT2D eigenvalue weighted by Crippen LogP contribution is -2.45. The van der Waals surface area contributed by atoms with Crippen molar-refractivity contribution in [1.29, 1.82) is 0 Å². The van der Waals surface area contributed by atoms with Crippen LogP contribution >= 0.6 is 11.3 Å². The van der Waals surface area contributed by atoms with Crippen LogP contribution in [0.15, 0.2) is 16.3 Å². The molecule has 1 aromatic rings. The molecule has 1 aromatic heterocycles. The van der Waals surface area contributed by atoms with Crippen LogP contribution in [0.2, 0.25) is 0 Å². The van der Waals surface area contributed by atoms with E-state index in [0.717, 1.165) is 24.2 Å². The Morgan fingerprint density at radius 1 is 1.36 bits per heavy atom. The summed E-state index contributed by atoms with van der Waals surface area (Å²) in [6.45, 7) is 0.764. The molecule has 22 heavy (non-hydrogen) atoms. The quantitative estimate of drug-likeness (QED) is 0.822. The number of rotatable bonds is 2. The summed E-state index contributed by atoms with van der Waals surface area (Å²) in [6, 6.07) is 1.34. The molecule has 3 saturated heterocycles. The van der Waals surface area contributed by atoms with Gasteiger partial charge in [-0.2, -0.15) is 0 Å². The monoisotopic (exact) mass is 343 g/mol. The van der Waals surface area contributed by atoms with Crippen molar-refractivity contribution in [3.63, 3.8) is 0 Å². The summed E-state index contributed by atoms with van der Waals surface area (Å²) in [5, 5.41) is 6.70. The van der Waals surface area contributed by atoms with Gasteiger partial charge in [0.2, 0.25) is 15.9 Å². The number of amides is 2. The third-order valence-corrected chi connectivity index (χ3v) is 6.37. The van der Waals surface area contributed by atoms with E-state index in [1.165, 1.54) is 11.4 Å². The molecule has 2 bridgehead atoms. The van der Waals surface area contributed by atoms with Crippen molar-refractivity contribution >= 4 is 33.2 Å². The second-order valence-electron chi connectivity index (χ2n) is 5.75. The van der Waals surface area contributed by atoms with Crippen LogP contribution in [0.3, 0.4) is 0 Å². The Balaban J connectivity index is 1.91. The fraction of sp³-hybridized carbons (Fsp3) is 0.538. The zero-order valence-electron chi connectivity index (χ0n) is 12.1. The van der Waals surface area contributed by atoms with Crippen molar-refractivity contribution in [2.75, 3.05) is 20.1 Å². The predicted octanol–water partition coefficient (Wildman–Crippen LogP) is 0.0883. The Labute approximate surface area is 132 Å². The maximum atomic E-state index is 12.7. The highest BCUT2D eigenvalue weighted by molar-refractivity contribution is 7.89. The molecule has 3 aliphatic heterocycles. The van der Waals surface area contributed by atoms with Crippen LogP contribution in [-0.2, 0) is 14.8 Å². The number of likely N-dealkylation sites (N-methyl/N-ethyl adjacent to an activating group) is 1. The van der Waals surface area contributed by atoms with Gasteiger partial charge in [-0.1, -0.05) is 0 Å². The minimum atomic E-state index is -3.93. The van der Waals surface area contributed by atoms with E-state index in [9.17, 15) is 18.0 Å². The van der Waals surface area contributed by atoms with Crippen molar-refractivity contribution in [2.45, 2.75) is 23.8 Å². The number of hydrogen-bond acceptors (Lipinski definition) is 5. The Bertz CT molecular complexity index is 727. The Morgan fingerprint density at radius 3 is 2.77 bits per heavy atom. The molecule has 120 valence electrons. The third kappa shape index (κ3) is 2.53. The van der Waals surface area contributed by atoms with Gasteiger partial charge in [-0.15, -0.1) is 11.3 Å². The zero-order valence-corrected chi connectivity index (χ0v) is 13.7. The number of nitrogens with two attached hydrogens (primary N) is 1. The molecule has 2 atom stereocenters. The van der Waals surface area contributed by atoms with E-state index in [-0.39, 0.29) is 33.5 Å². The molecule has 2 amide bonds. The number of piperidine rings is 1. The van der Waals surface area contributed by atoms with E-state index in [0.29, 0.717) is 13.1 Å². The molecule has 0 saturated carbocycles. The van der Waals surface area contributed by atoms with Gasteiger partial charge in [0.05, 0.1) is 5.92 Å². The number of hydrogen-bond donors (Lipinski definition) is 1. The lowest BCUT2D eigenvalue weighted by atomic mass is 9.95. The Morgan fingerprint density at radius 2 is 2.09 bits per heavy atom. The Hall–Kier alpha value is -1.45. The van der Waals surface area contributed by atoms with Gasteiger partial charge in [-0.25, -0.2) is 13.6 Å². The first-order valence-corrected chi connectivity index (χ1v) is 9.38. The molecular weight excluding hydrogens is 326 g/mol. The molecule has 4 rings (SSSR count). The van der Waals surface area contributed by atoms with Crippen molar-refractivity contribution in [3.05, 3.63) is 16.3 Å². The van der Waals surface area contributed by atoms with E-state index in [1.807, 2.05) is 0 Å². The number of sulfonamides is 1. The van der Waals surface area contributed by atoms with Crippen LogP contribution in [0.4, 0.5) is 0 Å². The molecule has 0 unspecified atom stereocenters. The first-order chi connectivity index (χ1) is 10.3. The van der Waals surface area contributed by atoms with Crippen LogP contribution in [0.5, 0.6) is 0 Å². The number of nitrogens with zero attached hydrogens (tertiary/aromatic N) is 2. The standard InChI is InChI=1S/C13H17N3O4S2/c1-15-9-3-2-8(12(15)17)6-16(7-9)13(18)11-10(4-5-21-11)22(14,19)20/h4-5,8-9H,2-3,6-7H2,1H3,(H2,14,19,20)/t8-,9+/m1/s1. The number of carbonyl (C=O) groups is 2. The SMILES string of the molecule is CN1C(=O)[C@@H]2CC[C@H]1CN(C(=O)c1sccc1S(N)(=O)=O)C2. The van der Waals surface area contributed by atoms with Gasteiger partial charge in [-0.05, 0) is 24.3 Å². The second-order valence-corrected chi connectivity index (χ2v) is 8.19. The van der Waals surface area contributed by atoms with E-state index < -0.39 is 10.0 Å². The van der Waals surface area contributed by atoms with Crippen molar-refractivity contribution in [3.8, 4) is 0 Å². The molecule has 0 spiro atoms. The van der Waals surface area contributed by atoms with Crippen LogP contribution in [0, 0.1) is 5.92 Å². The normalized spacial score (nSPS) is 25.5. The minimum absolute atomic E-state index is 0.00639. The van der Waals surface area contributed by atoms with Crippen molar-refractivity contribution < 1.29 is 18.0 Å². The number of carbonyl (C=O) groups excluding carboxylic acids is 2. The van der Waals surface area contributed by atoms with E-state index in [2.05, 4.69) is 0 Å². The average Bonchev–Trinajstić information content (AvgIpc) is 2.80. The van der Waals surface area contributed by atoms with E-state index in [1.54, 1.807) is 16.8 Å². The molecule has 0 aliphatic carbocycles. The summed E-state index contributed by atoms with van der Waals surface area (Å²) in [5.41, 5.74) is 0. The molecule has 3 aliphatic rings. The maximum Gasteiger partial charge on any atom is 0.265 e. The number of primary sulfonamides is 1. The summed E-state index contributed by atoms with van der Waals surface area (Å²) in [6.07, 6.45) is 1.63. The van der Waals surface area contributed by atoms with Gasteiger partial charge in [0.25, 0.3) is 5.91 Å². The lowest BCUT2D eigenvalue weighted by molar-refractivity contribution is -0.138. The molecule has 2 N–H and O–H groups in total. The Kier molecular flexibility index (Phi) is 3.74. The zero-order chi connectivity index (χ0) is 16.1. The average molecular weight is 343 g/mol. The van der Waals surface area contributed by atoms with Crippen LogP contribution in [0.25, 0.3) is 0 Å². The van der Waals surface area contributed by atoms with Crippen LogP contribution < -0.4 is 5.14 Å². The predicted molar refractivity (Wildman–Crippen MR) is 80.9 cm³/mol. The van der Waals surface area contributed by atoms with E-state index in [4.69, 9.17) is 5.14 Å². The largest absolute Gasteiger partial charge is 0.341 e. The fourth-order valence-corrected chi connectivity index (χ4v) is 5.08. The fourth-order valence-electron chi connectivity index (χ4n) is 3.14. The smallest absolute Gasteiger partial charge is 0.265 e. The highest BCUT2D eigenvalue weighted by Crippen LogP contribution is 2.30. The highest BCUT2D eigenvalue weighted by atomic mass is 32.2. The molecule has 4 heterocycles. The van der Waals surface area contributed by atoms with E-state index >= 15 is 0 Å². The molecular formula is C13H17N3O4S2. The van der Waals surface area contributed by atoms with Crippen molar-refractivity contribution in [1.82, 2.24) is 9.80 Å². The minimum Gasteiger partial charge on any atom is -0.341 e. The van der Waals surface area contributed by atoms with Crippen molar-refractivity contribution in [2.24, 2.45) is 11.1 Å². The molecule has 3 fully saturated rings. The summed E-state index contributed by atoms with van der Waals surface area (Å²) in [7, 11) is -2.17. The first-order valence-electron chi connectivity index (χ1n) is 6.95. The summed E-state index contributed by atoms with van der Waals surface area (Å²) in [5.74, 6) is -0.506. The second kappa shape index (κ2) is 5.32. The number of thiophene rings is 1. The highest BCUT2D eigenvalue weighted by Gasteiger charge is 2.41. The summed E-state index contributed by atoms with van der Waals surface area (Å²) in [4.78, 5) is 28.1. The van der Waals surface area contributed by atoms with Crippen LogP contribution in [0.1, 0.15) is 22.5 Å². The van der Waals surface area contributed by atoms with Gasteiger partial charge in [-0.3, -0.25) is 9.59 Å². The number of fused-ring (bicyclic) bond motifs is 4. The topological polar surface area (TPSA) is 101 Å². The third-order valence-electron chi connectivity index (χ3n) is 4.38. The van der Waals surface area contributed by atoms with Gasteiger partial charge in [0, 0.05) is 26.2 Å². The van der Waals surface area contributed by atoms with Crippen LogP contribution in [-0.4, -0.2) is 56.2 Å². The summed E-state index contributed by atoms with van der Waals surface area (Å²) >= 11 is 1.06. The lowest BCUT2D eigenvalue weighted by Gasteiger charge is -2.32. The van der Waals surface area contributed by atoms with Gasteiger partial charge in [0.1, 0.15) is 9.77 Å². The van der Waals surface area contributed by atoms with Gasteiger partial charge in [0.15, 0.2) is 0 Å². The van der Waals surface area contributed by atoms with Gasteiger partial charge < -0.3 is 9.80 Å². The molecule has 9 heteroatoms. The first kappa shape index (κ1) is 15.4. The summed E-state index contributed by atoms with van der Waals surface area (Å²) < 4.78 is 23.1.